The molecule has 2 N–H and O–H groups in total. The molecule has 1 aliphatic carbocycles. The van der Waals surface area contributed by atoms with Crippen molar-refractivity contribution in [2.45, 2.75) is 32.2 Å². The van der Waals surface area contributed by atoms with Gasteiger partial charge in [0, 0.05) is 11.3 Å². The molecule has 1 aliphatic rings. The van der Waals surface area contributed by atoms with Crippen molar-refractivity contribution in [3.8, 4) is 5.69 Å². The first-order chi connectivity index (χ1) is 13.0. The molecule has 7 heteroatoms. The Labute approximate surface area is 157 Å². The number of aliphatic carboxylic acids is 1. The first-order valence-electron chi connectivity index (χ1n) is 8.92. The summed E-state index contributed by atoms with van der Waals surface area (Å²) in [6.07, 6.45) is 4.07. The number of nitrogens with zero attached hydrogens (tertiary/aromatic N) is 2. The molecule has 0 saturated carbocycles. The van der Waals surface area contributed by atoms with E-state index in [9.17, 15) is 14.7 Å². The van der Waals surface area contributed by atoms with Crippen molar-refractivity contribution in [3.63, 3.8) is 0 Å². The van der Waals surface area contributed by atoms with Crippen LogP contribution in [0.4, 0.5) is 0 Å². The van der Waals surface area contributed by atoms with Gasteiger partial charge in [-0.2, -0.15) is 5.10 Å². The summed E-state index contributed by atoms with van der Waals surface area (Å²) >= 11 is 0. The molecule has 1 atom stereocenters. The molecular weight excluding hydrogens is 346 g/mol. The topological polar surface area (TPSA) is 93.5 Å². The Bertz CT molecular complexity index is 872. The summed E-state index contributed by atoms with van der Waals surface area (Å²) in [4.78, 5) is 24.2. The molecule has 142 valence electrons. The highest BCUT2D eigenvalue weighted by atomic mass is 16.5. The van der Waals surface area contributed by atoms with Gasteiger partial charge in [0.15, 0.2) is 11.7 Å². The van der Waals surface area contributed by atoms with Crippen LogP contribution in [0.3, 0.4) is 0 Å². The van der Waals surface area contributed by atoms with Gasteiger partial charge in [-0.05, 0) is 37.8 Å². The van der Waals surface area contributed by atoms with Crippen molar-refractivity contribution in [3.05, 3.63) is 59.4 Å². The number of hydrogen-bond acceptors (Lipinski definition) is 4. The lowest BCUT2D eigenvalue weighted by Gasteiger charge is -2.14. The number of ether oxygens (including phenoxy) is 1. The standard InChI is InChI=1S/C20H23N3O4/c1-3-11-27-12-15(20(25)26)21-19(24)18-14-8-6-10-17(14)23(22-18)16-9-5-4-7-13(16)2/h3-5,7,9,15H,1,6,8,10-12H2,2H3,(H,21,24)(H,25,26). The number of nitrogens with one attached hydrogen (secondary N) is 1. The van der Waals surface area contributed by atoms with Crippen LogP contribution in [0.2, 0.25) is 0 Å². The molecule has 0 fully saturated rings. The van der Waals surface area contributed by atoms with Crippen molar-refractivity contribution >= 4 is 11.9 Å². The molecule has 1 heterocycles. The van der Waals surface area contributed by atoms with E-state index < -0.39 is 17.9 Å². The summed E-state index contributed by atoms with van der Waals surface area (Å²) < 4.78 is 7.00. The first-order valence-corrected chi connectivity index (χ1v) is 8.92. The van der Waals surface area contributed by atoms with Gasteiger partial charge in [-0.1, -0.05) is 24.3 Å². The Kier molecular flexibility index (Phi) is 5.71. The van der Waals surface area contributed by atoms with Crippen LogP contribution in [-0.4, -0.2) is 46.0 Å². The lowest BCUT2D eigenvalue weighted by Crippen LogP contribution is -2.44. The molecule has 1 aromatic heterocycles. The van der Waals surface area contributed by atoms with E-state index in [0.717, 1.165) is 41.8 Å². The Morgan fingerprint density at radius 1 is 1.41 bits per heavy atom. The number of carbonyl (C=O) groups is 2. The Hall–Kier alpha value is -2.93. The third-order valence-electron chi connectivity index (χ3n) is 4.61. The summed E-state index contributed by atoms with van der Waals surface area (Å²) in [5.41, 5.74) is 4.19. The van der Waals surface area contributed by atoms with Crippen molar-refractivity contribution < 1.29 is 19.4 Å². The van der Waals surface area contributed by atoms with Crippen molar-refractivity contribution in [2.24, 2.45) is 0 Å². The number of amides is 1. The average Bonchev–Trinajstić information content (AvgIpc) is 3.24. The summed E-state index contributed by atoms with van der Waals surface area (Å²) in [5, 5.41) is 16.4. The van der Waals surface area contributed by atoms with Gasteiger partial charge in [0.05, 0.1) is 18.9 Å². The zero-order valence-corrected chi connectivity index (χ0v) is 15.3. The number of carboxylic acid groups (broad SMARTS) is 1. The quantitative estimate of drug-likeness (QED) is 0.549. The molecule has 27 heavy (non-hydrogen) atoms. The van der Waals surface area contributed by atoms with Gasteiger partial charge in [0.25, 0.3) is 5.91 Å². The number of carbonyl (C=O) groups excluding carboxylic acids is 1. The molecule has 1 aromatic carbocycles. The first kappa shape index (κ1) is 18.8. The van der Waals surface area contributed by atoms with Crippen LogP contribution in [0, 0.1) is 6.92 Å². The van der Waals surface area contributed by atoms with Crippen LogP contribution < -0.4 is 5.32 Å². The number of aromatic nitrogens is 2. The highest BCUT2D eigenvalue weighted by molar-refractivity contribution is 5.96. The lowest BCUT2D eigenvalue weighted by molar-refractivity contribution is -0.140. The predicted octanol–water partition coefficient (Wildman–Crippen LogP) is 2.06. The fourth-order valence-corrected chi connectivity index (χ4v) is 3.29. The number of carboxylic acids is 1. The number of aryl methyl sites for hydroxylation is 1. The van der Waals surface area contributed by atoms with Crippen molar-refractivity contribution in [2.75, 3.05) is 13.2 Å². The molecule has 1 amide bonds. The third kappa shape index (κ3) is 3.93. The predicted molar refractivity (Wildman–Crippen MR) is 100 cm³/mol. The van der Waals surface area contributed by atoms with Gasteiger partial charge < -0.3 is 15.2 Å². The molecule has 0 spiro atoms. The lowest BCUT2D eigenvalue weighted by atomic mass is 10.1. The summed E-state index contributed by atoms with van der Waals surface area (Å²) in [7, 11) is 0. The van der Waals surface area contributed by atoms with E-state index in [1.54, 1.807) is 0 Å². The molecular formula is C20H23N3O4. The normalized spacial score (nSPS) is 13.8. The fourth-order valence-electron chi connectivity index (χ4n) is 3.29. The number of rotatable bonds is 8. The molecule has 0 bridgehead atoms. The van der Waals surface area contributed by atoms with E-state index in [1.807, 2.05) is 35.9 Å². The third-order valence-corrected chi connectivity index (χ3v) is 4.61. The molecule has 3 rings (SSSR count). The minimum absolute atomic E-state index is 0.131. The van der Waals surface area contributed by atoms with Gasteiger partial charge in [0.1, 0.15) is 0 Å². The second kappa shape index (κ2) is 8.18. The van der Waals surface area contributed by atoms with Crippen LogP contribution in [0.1, 0.15) is 33.7 Å². The van der Waals surface area contributed by atoms with Crippen molar-refractivity contribution in [1.29, 1.82) is 0 Å². The summed E-state index contributed by atoms with van der Waals surface area (Å²) in [6.45, 7) is 5.60. The number of para-hydroxylation sites is 1. The number of fused-ring (bicyclic) bond motifs is 1. The van der Waals surface area contributed by atoms with E-state index in [2.05, 4.69) is 17.0 Å². The maximum atomic E-state index is 12.8. The van der Waals surface area contributed by atoms with Gasteiger partial charge in [-0.3, -0.25) is 4.79 Å². The zero-order chi connectivity index (χ0) is 19.4. The van der Waals surface area contributed by atoms with E-state index in [1.165, 1.54) is 6.08 Å². The van der Waals surface area contributed by atoms with Crippen LogP contribution in [0.15, 0.2) is 36.9 Å². The maximum absolute atomic E-state index is 12.8. The minimum Gasteiger partial charge on any atom is -0.480 e. The van der Waals surface area contributed by atoms with Crippen molar-refractivity contribution in [1.82, 2.24) is 15.1 Å². The Balaban J connectivity index is 1.87. The van der Waals surface area contributed by atoms with Crippen LogP contribution in [0.25, 0.3) is 5.69 Å². The molecule has 0 saturated heterocycles. The smallest absolute Gasteiger partial charge is 0.328 e. The molecule has 2 aromatic rings. The monoisotopic (exact) mass is 369 g/mol. The molecule has 7 nitrogen and oxygen atoms in total. The second-order valence-electron chi connectivity index (χ2n) is 6.52. The highest BCUT2D eigenvalue weighted by Gasteiger charge is 2.29. The zero-order valence-electron chi connectivity index (χ0n) is 15.3. The Morgan fingerprint density at radius 3 is 2.89 bits per heavy atom. The minimum atomic E-state index is -1.15. The van der Waals surface area contributed by atoms with Gasteiger partial charge in [0.2, 0.25) is 0 Å². The van der Waals surface area contributed by atoms with E-state index in [-0.39, 0.29) is 13.2 Å². The maximum Gasteiger partial charge on any atom is 0.328 e. The largest absolute Gasteiger partial charge is 0.480 e. The van der Waals surface area contributed by atoms with Gasteiger partial charge >= 0.3 is 5.97 Å². The van der Waals surface area contributed by atoms with E-state index >= 15 is 0 Å². The summed E-state index contributed by atoms with van der Waals surface area (Å²) in [6, 6.07) is 6.71. The molecule has 0 radical (unpaired) electrons. The highest BCUT2D eigenvalue weighted by Crippen LogP contribution is 2.28. The second-order valence-corrected chi connectivity index (χ2v) is 6.52. The number of benzene rings is 1. The SMILES string of the molecule is C=CCOCC(NC(=O)c1nn(-c2ccccc2C)c2c1CCC2)C(=O)O. The summed E-state index contributed by atoms with van der Waals surface area (Å²) in [5.74, 6) is -1.64. The van der Waals surface area contributed by atoms with Gasteiger partial charge in [-0.15, -0.1) is 6.58 Å². The molecule has 1 unspecified atom stereocenters. The van der Waals surface area contributed by atoms with Crippen LogP contribution >= 0.6 is 0 Å². The average molecular weight is 369 g/mol. The van der Waals surface area contributed by atoms with Gasteiger partial charge in [-0.25, -0.2) is 9.48 Å². The van der Waals surface area contributed by atoms with Crippen LogP contribution in [-0.2, 0) is 22.4 Å². The molecule has 0 aliphatic heterocycles. The van der Waals surface area contributed by atoms with Crippen LogP contribution in [0.5, 0.6) is 0 Å². The number of hydrogen-bond donors (Lipinski definition) is 2. The Morgan fingerprint density at radius 2 is 2.19 bits per heavy atom. The fraction of sp³-hybridized carbons (Fsp3) is 0.350. The van der Waals surface area contributed by atoms with E-state index in [4.69, 9.17) is 4.74 Å². The van der Waals surface area contributed by atoms with E-state index in [0.29, 0.717) is 5.69 Å².